The van der Waals surface area contributed by atoms with E-state index >= 15 is 0 Å². The van der Waals surface area contributed by atoms with Crippen molar-refractivity contribution in [3.8, 4) is 6.07 Å². The second kappa shape index (κ2) is 5.49. The number of hydrogen-bond donors (Lipinski definition) is 0. The normalized spacial score (nSPS) is 19.4. The lowest BCUT2D eigenvalue weighted by atomic mass is 9.74. The topological polar surface area (TPSA) is 27.0 Å². The van der Waals surface area contributed by atoms with E-state index in [4.69, 9.17) is 0 Å². The minimum absolute atomic E-state index is 0.241. The molecule has 1 aromatic rings. The summed E-state index contributed by atoms with van der Waals surface area (Å²) in [7, 11) is 0. The highest BCUT2D eigenvalue weighted by Gasteiger charge is 2.36. The maximum Gasteiger partial charge on any atom is 0.123 e. The molecule has 0 radical (unpaired) electrons. The smallest absolute Gasteiger partial charge is 0.123 e. The van der Waals surface area contributed by atoms with Gasteiger partial charge in [0.15, 0.2) is 0 Å². The largest absolute Gasteiger partial charge is 0.303 e. The van der Waals surface area contributed by atoms with Crippen LogP contribution in [0.5, 0.6) is 0 Å². The molecular formula is C15H19FN2. The molecule has 0 atom stereocenters. The summed E-state index contributed by atoms with van der Waals surface area (Å²) in [6.07, 6.45) is 2.83. The van der Waals surface area contributed by atoms with Crippen LogP contribution in [-0.4, -0.2) is 24.5 Å². The number of benzene rings is 1. The first-order valence-electron chi connectivity index (χ1n) is 6.60. The van der Waals surface area contributed by atoms with Gasteiger partial charge in [0.2, 0.25) is 0 Å². The third-order valence-corrected chi connectivity index (χ3v) is 3.86. The van der Waals surface area contributed by atoms with Gasteiger partial charge in [-0.25, -0.2) is 4.39 Å². The average Bonchev–Trinajstić information content (AvgIpc) is 2.41. The summed E-state index contributed by atoms with van der Waals surface area (Å²) in [5, 5.41) is 9.52. The van der Waals surface area contributed by atoms with E-state index in [0.717, 1.165) is 44.5 Å². The van der Waals surface area contributed by atoms with Crippen molar-refractivity contribution in [2.45, 2.75) is 31.6 Å². The summed E-state index contributed by atoms with van der Waals surface area (Å²) in [5.74, 6) is -0.241. The highest BCUT2D eigenvalue weighted by molar-refractivity contribution is 5.33. The lowest BCUT2D eigenvalue weighted by Gasteiger charge is -2.37. The van der Waals surface area contributed by atoms with Crippen molar-refractivity contribution in [2.75, 3.05) is 19.6 Å². The van der Waals surface area contributed by atoms with Crippen LogP contribution in [0.3, 0.4) is 0 Å². The Morgan fingerprint density at radius 2 is 1.89 bits per heavy atom. The van der Waals surface area contributed by atoms with E-state index in [0.29, 0.717) is 0 Å². The zero-order chi connectivity index (χ0) is 13.0. The van der Waals surface area contributed by atoms with Gasteiger partial charge in [-0.05, 0) is 56.6 Å². The fourth-order valence-electron chi connectivity index (χ4n) is 2.71. The van der Waals surface area contributed by atoms with Crippen LogP contribution in [0, 0.1) is 17.1 Å². The zero-order valence-corrected chi connectivity index (χ0v) is 10.8. The highest BCUT2D eigenvalue weighted by atomic mass is 19.1. The van der Waals surface area contributed by atoms with Crippen LogP contribution < -0.4 is 0 Å². The van der Waals surface area contributed by atoms with Crippen LogP contribution in [0.25, 0.3) is 0 Å². The fourth-order valence-corrected chi connectivity index (χ4v) is 2.71. The summed E-state index contributed by atoms with van der Waals surface area (Å²) in [6, 6.07) is 8.89. The van der Waals surface area contributed by atoms with Gasteiger partial charge in [0.25, 0.3) is 0 Å². The second-order valence-electron chi connectivity index (χ2n) is 5.04. The minimum Gasteiger partial charge on any atom is -0.303 e. The van der Waals surface area contributed by atoms with Gasteiger partial charge < -0.3 is 4.90 Å². The van der Waals surface area contributed by atoms with Crippen molar-refractivity contribution < 1.29 is 4.39 Å². The number of rotatable bonds is 3. The third kappa shape index (κ3) is 2.54. The SMILES string of the molecule is CCCN1CCC(C#N)(c2ccc(F)cc2)CC1. The minimum atomic E-state index is -0.419. The first-order valence-corrected chi connectivity index (χ1v) is 6.60. The molecular weight excluding hydrogens is 227 g/mol. The molecule has 0 aliphatic carbocycles. The molecule has 0 aromatic heterocycles. The molecule has 1 aliphatic heterocycles. The maximum absolute atomic E-state index is 13.0. The molecule has 1 fully saturated rings. The average molecular weight is 246 g/mol. The quantitative estimate of drug-likeness (QED) is 0.819. The van der Waals surface area contributed by atoms with E-state index in [1.54, 1.807) is 12.1 Å². The molecule has 0 unspecified atom stereocenters. The van der Waals surface area contributed by atoms with Gasteiger partial charge >= 0.3 is 0 Å². The summed E-state index contributed by atoms with van der Waals surface area (Å²) >= 11 is 0. The predicted molar refractivity (Wildman–Crippen MR) is 69.7 cm³/mol. The van der Waals surface area contributed by atoms with Crippen molar-refractivity contribution in [3.05, 3.63) is 35.6 Å². The van der Waals surface area contributed by atoms with Gasteiger partial charge in [-0.15, -0.1) is 0 Å². The monoisotopic (exact) mass is 246 g/mol. The molecule has 0 bridgehead atoms. The van der Waals surface area contributed by atoms with Crippen LogP contribution in [0.1, 0.15) is 31.7 Å². The summed E-state index contributed by atoms with van der Waals surface area (Å²) in [5.41, 5.74) is 0.542. The Labute approximate surface area is 108 Å². The third-order valence-electron chi connectivity index (χ3n) is 3.86. The van der Waals surface area contributed by atoms with Crippen molar-refractivity contribution in [1.82, 2.24) is 4.90 Å². The van der Waals surface area contributed by atoms with E-state index in [1.165, 1.54) is 12.1 Å². The van der Waals surface area contributed by atoms with Gasteiger partial charge in [-0.3, -0.25) is 0 Å². The lowest BCUT2D eigenvalue weighted by Crippen LogP contribution is -2.42. The first-order chi connectivity index (χ1) is 8.70. The molecule has 1 aliphatic rings. The Balaban J connectivity index is 2.14. The number of likely N-dealkylation sites (tertiary alicyclic amines) is 1. The van der Waals surface area contributed by atoms with E-state index in [-0.39, 0.29) is 5.82 Å². The van der Waals surface area contributed by atoms with Crippen LogP contribution in [0.15, 0.2) is 24.3 Å². The van der Waals surface area contributed by atoms with Crippen LogP contribution in [0.4, 0.5) is 4.39 Å². The molecule has 0 saturated carbocycles. The van der Waals surface area contributed by atoms with Crippen molar-refractivity contribution in [3.63, 3.8) is 0 Å². The number of halogens is 1. The van der Waals surface area contributed by atoms with Gasteiger partial charge in [-0.1, -0.05) is 19.1 Å². The second-order valence-corrected chi connectivity index (χ2v) is 5.04. The highest BCUT2D eigenvalue weighted by Crippen LogP contribution is 2.34. The van der Waals surface area contributed by atoms with Gasteiger partial charge in [0.1, 0.15) is 5.82 Å². The number of hydrogen-bond acceptors (Lipinski definition) is 2. The molecule has 0 spiro atoms. The van der Waals surface area contributed by atoms with Crippen molar-refractivity contribution in [1.29, 1.82) is 5.26 Å². The molecule has 3 heteroatoms. The molecule has 2 rings (SSSR count). The van der Waals surface area contributed by atoms with E-state index in [9.17, 15) is 9.65 Å². The lowest BCUT2D eigenvalue weighted by molar-refractivity contribution is 0.186. The van der Waals surface area contributed by atoms with Crippen LogP contribution >= 0.6 is 0 Å². The number of piperidine rings is 1. The van der Waals surface area contributed by atoms with Crippen molar-refractivity contribution in [2.24, 2.45) is 0 Å². The van der Waals surface area contributed by atoms with E-state index in [2.05, 4.69) is 17.9 Å². The molecule has 96 valence electrons. The molecule has 0 amide bonds. The molecule has 2 nitrogen and oxygen atoms in total. The maximum atomic E-state index is 13.0. The van der Waals surface area contributed by atoms with Crippen LogP contribution in [-0.2, 0) is 5.41 Å². The Bertz CT molecular complexity index is 425. The number of nitriles is 1. The summed E-state index contributed by atoms with van der Waals surface area (Å²) < 4.78 is 13.0. The first kappa shape index (κ1) is 13.0. The van der Waals surface area contributed by atoms with Gasteiger partial charge in [-0.2, -0.15) is 5.26 Å². The molecule has 0 N–H and O–H groups in total. The van der Waals surface area contributed by atoms with Gasteiger partial charge in [0, 0.05) is 0 Å². The molecule has 18 heavy (non-hydrogen) atoms. The Morgan fingerprint density at radius 3 is 2.39 bits per heavy atom. The van der Waals surface area contributed by atoms with E-state index in [1.807, 2.05) is 0 Å². The van der Waals surface area contributed by atoms with E-state index < -0.39 is 5.41 Å². The Hall–Kier alpha value is -1.40. The zero-order valence-electron chi connectivity index (χ0n) is 10.8. The van der Waals surface area contributed by atoms with Crippen molar-refractivity contribution >= 4 is 0 Å². The fraction of sp³-hybridized carbons (Fsp3) is 0.533. The number of nitrogens with zero attached hydrogens (tertiary/aromatic N) is 2. The Kier molecular flexibility index (Phi) is 3.98. The summed E-state index contributed by atoms with van der Waals surface area (Å²) in [6.45, 7) is 5.19. The standard InChI is InChI=1S/C15H19FN2/c1-2-9-18-10-7-15(12-17,8-11-18)13-3-5-14(16)6-4-13/h3-6H,2,7-11H2,1H3. The molecule has 1 aromatic carbocycles. The molecule has 1 saturated heterocycles. The van der Waals surface area contributed by atoms with Gasteiger partial charge in [0.05, 0.1) is 11.5 Å². The predicted octanol–water partition coefficient (Wildman–Crippen LogP) is 3.09. The van der Waals surface area contributed by atoms with Crippen LogP contribution in [0.2, 0.25) is 0 Å². The Morgan fingerprint density at radius 1 is 1.28 bits per heavy atom. The summed E-state index contributed by atoms with van der Waals surface area (Å²) in [4.78, 5) is 2.40. The molecule has 1 heterocycles.